The van der Waals surface area contributed by atoms with Crippen LogP contribution in [0.15, 0.2) is 45.4 Å². The highest BCUT2D eigenvalue weighted by Gasteiger charge is 2.28. The second-order valence-corrected chi connectivity index (χ2v) is 7.12. The number of benzene rings is 1. The zero-order chi connectivity index (χ0) is 17.4. The van der Waals surface area contributed by atoms with Gasteiger partial charge in [-0.2, -0.15) is 0 Å². The smallest absolute Gasteiger partial charge is 0.272 e. The summed E-state index contributed by atoms with van der Waals surface area (Å²) >= 11 is 3.47. The van der Waals surface area contributed by atoms with Crippen molar-refractivity contribution in [3.05, 3.63) is 52.3 Å². The lowest BCUT2D eigenvalue weighted by atomic mass is 10.2. The Hall–Kier alpha value is -2.41. The number of nitrogens with zero attached hydrogens (tertiary/aromatic N) is 3. The van der Waals surface area contributed by atoms with Crippen molar-refractivity contribution in [2.45, 2.75) is 19.4 Å². The second kappa shape index (κ2) is 6.48. The highest BCUT2D eigenvalue weighted by atomic mass is 79.9. The minimum Gasteiger partial charge on any atom is -0.380 e. The van der Waals surface area contributed by atoms with E-state index in [1.165, 1.54) is 0 Å². The molecule has 25 heavy (non-hydrogen) atoms. The van der Waals surface area contributed by atoms with Crippen molar-refractivity contribution in [3.8, 4) is 0 Å². The quantitative estimate of drug-likeness (QED) is 0.726. The molecule has 2 aromatic heterocycles. The molecule has 0 aliphatic carbocycles. The Bertz CT molecular complexity index is 940. The van der Waals surface area contributed by atoms with E-state index in [-0.39, 0.29) is 11.9 Å². The molecule has 1 aliphatic rings. The first-order chi connectivity index (χ1) is 12.1. The van der Waals surface area contributed by atoms with Gasteiger partial charge in [-0.1, -0.05) is 27.2 Å². The van der Waals surface area contributed by atoms with E-state index in [1.807, 2.05) is 42.2 Å². The number of nitrogens with one attached hydrogen (secondary N) is 1. The molecule has 1 amide bonds. The van der Waals surface area contributed by atoms with Crippen LogP contribution in [0.4, 0.5) is 5.69 Å². The Morgan fingerprint density at radius 3 is 3.08 bits per heavy atom. The van der Waals surface area contributed by atoms with Crippen LogP contribution in [-0.4, -0.2) is 40.1 Å². The molecule has 0 bridgehead atoms. The average molecular weight is 401 g/mol. The third-order valence-corrected chi connectivity index (χ3v) is 4.90. The number of hydrogen-bond acceptors (Lipinski definition) is 5. The van der Waals surface area contributed by atoms with E-state index in [9.17, 15) is 4.79 Å². The molecule has 128 valence electrons. The average Bonchev–Trinajstić information content (AvgIpc) is 3.21. The van der Waals surface area contributed by atoms with Crippen molar-refractivity contribution < 1.29 is 9.32 Å². The van der Waals surface area contributed by atoms with Gasteiger partial charge in [0.15, 0.2) is 0 Å². The minimum atomic E-state index is -0.0745. The van der Waals surface area contributed by atoms with Crippen LogP contribution >= 0.6 is 15.9 Å². The molecule has 1 aliphatic heterocycles. The number of likely N-dealkylation sites (tertiary alicyclic amines) is 1. The van der Waals surface area contributed by atoms with Gasteiger partial charge in [0.25, 0.3) is 11.6 Å². The number of carbonyl (C=O) groups excluding carboxylic acids is 1. The Balaban J connectivity index is 1.45. The van der Waals surface area contributed by atoms with E-state index in [4.69, 9.17) is 4.52 Å². The predicted molar refractivity (Wildman–Crippen MR) is 98.6 cm³/mol. The van der Waals surface area contributed by atoms with Crippen molar-refractivity contribution >= 4 is 38.6 Å². The molecule has 7 heteroatoms. The number of halogens is 1. The first kappa shape index (κ1) is 16.1. The van der Waals surface area contributed by atoms with E-state index >= 15 is 0 Å². The molecule has 1 saturated heterocycles. The standard InChI is InChI=1S/C18H17BrN4O2/c1-11-15-5-6-16(21-17(15)25-22-11)18(24)23-8-7-14(10-23)20-13-4-2-3-12(19)9-13/h2-6,9,14,20H,7-8,10H2,1H3. The zero-order valence-corrected chi connectivity index (χ0v) is 15.3. The van der Waals surface area contributed by atoms with Crippen molar-refractivity contribution in [1.29, 1.82) is 0 Å². The fraction of sp³-hybridized carbons (Fsp3) is 0.278. The van der Waals surface area contributed by atoms with Gasteiger partial charge in [-0.15, -0.1) is 0 Å². The lowest BCUT2D eigenvalue weighted by Crippen LogP contribution is -2.32. The number of carbonyl (C=O) groups is 1. The summed E-state index contributed by atoms with van der Waals surface area (Å²) < 4.78 is 6.20. The molecule has 1 N–H and O–H groups in total. The molecular weight excluding hydrogens is 384 g/mol. The molecule has 3 aromatic rings. The lowest BCUT2D eigenvalue weighted by Gasteiger charge is -2.17. The van der Waals surface area contributed by atoms with Crippen LogP contribution in [0, 0.1) is 6.92 Å². The number of hydrogen-bond donors (Lipinski definition) is 1. The molecule has 0 radical (unpaired) electrons. The van der Waals surface area contributed by atoms with Crippen LogP contribution < -0.4 is 5.32 Å². The largest absolute Gasteiger partial charge is 0.380 e. The number of amides is 1. The van der Waals surface area contributed by atoms with Gasteiger partial charge >= 0.3 is 0 Å². The number of anilines is 1. The number of aromatic nitrogens is 2. The number of aryl methyl sites for hydroxylation is 1. The fourth-order valence-corrected chi connectivity index (χ4v) is 3.50. The summed E-state index contributed by atoms with van der Waals surface area (Å²) in [6, 6.07) is 11.8. The summed E-state index contributed by atoms with van der Waals surface area (Å²) in [5, 5.41) is 8.20. The monoisotopic (exact) mass is 400 g/mol. The maximum Gasteiger partial charge on any atom is 0.272 e. The Kier molecular flexibility index (Phi) is 4.17. The molecule has 1 unspecified atom stereocenters. The van der Waals surface area contributed by atoms with Crippen LogP contribution in [0.5, 0.6) is 0 Å². The van der Waals surface area contributed by atoms with E-state index in [1.54, 1.807) is 6.07 Å². The Morgan fingerprint density at radius 1 is 1.36 bits per heavy atom. The van der Waals surface area contributed by atoms with Gasteiger partial charge < -0.3 is 14.7 Å². The topological polar surface area (TPSA) is 71.3 Å². The van der Waals surface area contributed by atoms with Crippen LogP contribution in [0.1, 0.15) is 22.6 Å². The van der Waals surface area contributed by atoms with Crippen molar-refractivity contribution in [2.24, 2.45) is 0 Å². The SMILES string of the molecule is Cc1noc2nc(C(=O)N3CCC(Nc4cccc(Br)c4)C3)ccc12. The third-order valence-electron chi connectivity index (χ3n) is 4.41. The van der Waals surface area contributed by atoms with E-state index in [2.05, 4.69) is 31.4 Å². The molecular formula is C18H17BrN4O2. The normalized spacial score (nSPS) is 17.2. The van der Waals surface area contributed by atoms with Crippen LogP contribution in [0.25, 0.3) is 11.1 Å². The van der Waals surface area contributed by atoms with Crippen LogP contribution in [0.2, 0.25) is 0 Å². The highest BCUT2D eigenvalue weighted by molar-refractivity contribution is 9.10. The first-order valence-electron chi connectivity index (χ1n) is 8.14. The summed E-state index contributed by atoms with van der Waals surface area (Å²) in [5.74, 6) is -0.0745. The van der Waals surface area contributed by atoms with Gasteiger partial charge in [-0.25, -0.2) is 4.98 Å². The molecule has 3 heterocycles. The maximum absolute atomic E-state index is 12.7. The third kappa shape index (κ3) is 3.24. The summed E-state index contributed by atoms with van der Waals surface area (Å²) in [4.78, 5) is 18.9. The number of fused-ring (bicyclic) bond motifs is 1. The highest BCUT2D eigenvalue weighted by Crippen LogP contribution is 2.22. The number of pyridine rings is 1. The van der Waals surface area contributed by atoms with Crippen molar-refractivity contribution in [3.63, 3.8) is 0 Å². The van der Waals surface area contributed by atoms with E-state index < -0.39 is 0 Å². The van der Waals surface area contributed by atoms with E-state index in [0.717, 1.165) is 27.7 Å². The summed E-state index contributed by atoms with van der Waals surface area (Å²) in [6.07, 6.45) is 0.905. The second-order valence-electron chi connectivity index (χ2n) is 6.21. The van der Waals surface area contributed by atoms with Gasteiger partial charge in [-0.05, 0) is 43.7 Å². The van der Waals surface area contributed by atoms with Gasteiger partial charge in [0, 0.05) is 29.3 Å². The Labute approximate surface area is 153 Å². The summed E-state index contributed by atoms with van der Waals surface area (Å²) in [6.45, 7) is 3.22. The Morgan fingerprint density at radius 2 is 2.24 bits per heavy atom. The molecule has 0 spiro atoms. The zero-order valence-electron chi connectivity index (χ0n) is 13.7. The summed E-state index contributed by atoms with van der Waals surface area (Å²) in [7, 11) is 0. The van der Waals surface area contributed by atoms with Crippen molar-refractivity contribution in [1.82, 2.24) is 15.0 Å². The molecule has 0 saturated carbocycles. The minimum absolute atomic E-state index is 0.0745. The fourth-order valence-electron chi connectivity index (χ4n) is 3.10. The molecule has 6 nitrogen and oxygen atoms in total. The van der Waals surface area contributed by atoms with E-state index in [0.29, 0.717) is 24.5 Å². The molecule has 4 rings (SSSR count). The van der Waals surface area contributed by atoms with Gasteiger partial charge in [0.2, 0.25) is 0 Å². The van der Waals surface area contributed by atoms with Gasteiger partial charge in [-0.3, -0.25) is 4.79 Å². The predicted octanol–water partition coefficient (Wildman–Crippen LogP) is 3.62. The van der Waals surface area contributed by atoms with Crippen LogP contribution in [0.3, 0.4) is 0 Å². The lowest BCUT2D eigenvalue weighted by molar-refractivity contribution is 0.0786. The van der Waals surface area contributed by atoms with Gasteiger partial charge in [0.1, 0.15) is 5.69 Å². The first-order valence-corrected chi connectivity index (χ1v) is 8.94. The molecule has 1 aromatic carbocycles. The number of rotatable bonds is 3. The maximum atomic E-state index is 12.7. The summed E-state index contributed by atoms with van der Waals surface area (Å²) in [5.41, 5.74) is 2.63. The van der Waals surface area contributed by atoms with Crippen molar-refractivity contribution in [2.75, 3.05) is 18.4 Å². The molecule has 1 atom stereocenters. The van der Waals surface area contributed by atoms with Gasteiger partial charge in [0.05, 0.1) is 11.1 Å². The molecule has 1 fully saturated rings. The van der Waals surface area contributed by atoms with Crippen LogP contribution in [-0.2, 0) is 0 Å².